The van der Waals surface area contributed by atoms with Gasteiger partial charge in [-0.2, -0.15) is 0 Å². The zero-order valence-corrected chi connectivity index (χ0v) is 20.3. The summed E-state index contributed by atoms with van der Waals surface area (Å²) in [7, 11) is 4.29. The average molecular weight is 484 g/mol. The van der Waals surface area contributed by atoms with Crippen molar-refractivity contribution in [1.82, 2.24) is 24.5 Å². The third kappa shape index (κ3) is 4.62. The molecular weight excluding hydrogens is 458 g/mol. The molecule has 1 aliphatic rings. The van der Waals surface area contributed by atoms with Crippen molar-refractivity contribution >= 4 is 52.1 Å². The summed E-state index contributed by atoms with van der Waals surface area (Å²) in [4.78, 5) is 10.5. The second kappa shape index (κ2) is 9.54. The van der Waals surface area contributed by atoms with Crippen LogP contribution in [0.15, 0.2) is 64.0 Å². The molecule has 1 N–H and O–H groups in total. The van der Waals surface area contributed by atoms with Gasteiger partial charge in [0, 0.05) is 41.2 Å². The van der Waals surface area contributed by atoms with Gasteiger partial charge in [-0.1, -0.05) is 5.16 Å². The van der Waals surface area contributed by atoms with Crippen molar-refractivity contribution in [2.24, 2.45) is 5.16 Å². The number of aromatic nitrogens is 4. The van der Waals surface area contributed by atoms with Crippen LogP contribution in [0.3, 0.4) is 0 Å². The Balaban J connectivity index is 0.00000259. The van der Waals surface area contributed by atoms with Crippen LogP contribution in [-0.4, -0.2) is 68.6 Å². The topological polar surface area (TPSA) is 82.1 Å². The third-order valence-corrected chi connectivity index (χ3v) is 7.00. The van der Waals surface area contributed by atoms with Gasteiger partial charge < -0.3 is 15.0 Å². The van der Waals surface area contributed by atoms with Crippen LogP contribution in [0.25, 0.3) is 16.6 Å². The van der Waals surface area contributed by atoms with Crippen molar-refractivity contribution < 1.29 is 5.21 Å². The number of rotatable bonds is 5. The summed E-state index contributed by atoms with van der Waals surface area (Å²) in [5.41, 5.74) is 4.25. The molecule has 1 saturated heterocycles. The van der Waals surface area contributed by atoms with Gasteiger partial charge in [-0.25, -0.2) is 0 Å². The molecule has 33 heavy (non-hydrogen) atoms. The van der Waals surface area contributed by atoms with E-state index in [2.05, 4.69) is 62.4 Å². The molecule has 0 bridgehead atoms. The Labute approximate surface area is 202 Å². The summed E-state index contributed by atoms with van der Waals surface area (Å²) in [6.45, 7) is 3.84. The molecule has 10 heteroatoms. The molecule has 0 aliphatic carbocycles. The second-order valence-corrected chi connectivity index (χ2v) is 9.36. The molecule has 1 atom stereocenters. The summed E-state index contributed by atoms with van der Waals surface area (Å²) >= 11 is 1.55. The first kappa shape index (κ1) is 23.3. The standard InChI is InChI=1S/C23H25N7OS.ClH/c1-15(27-31)16-4-7-22-25-26-23(30(22)13-16)32-20-5-6-21-17(11-20)10-19(12-24-21)29-9-8-18(14-29)28(2)3;/h4-7,10-13,18,31H,8-9,14H2,1-3H3;1H/b27-15+;/t18-;/m0./s1. The Bertz CT molecular complexity index is 1320. The zero-order chi connectivity index (χ0) is 22.2. The van der Waals surface area contributed by atoms with Gasteiger partial charge in [0.05, 0.1) is 23.1 Å². The fraction of sp³-hybridized carbons (Fsp3) is 0.304. The van der Waals surface area contributed by atoms with Crippen LogP contribution in [0.1, 0.15) is 18.9 Å². The molecule has 1 aliphatic heterocycles. The van der Waals surface area contributed by atoms with Crippen LogP contribution in [0.5, 0.6) is 0 Å². The van der Waals surface area contributed by atoms with Gasteiger partial charge in [0.25, 0.3) is 0 Å². The van der Waals surface area contributed by atoms with E-state index in [4.69, 9.17) is 5.21 Å². The molecule has 3 aromatic heterocycles. The van der Waals surface area contributed by atoms with Crippen LogP contribution in [-0.2, 0) is 0 Å². The van der Waals surface area contributed by atoms with E-state index < -0.39 is 0 Å². The number of fused-ring (bicyclic) bond motifs is 2. The fourth-order valence-electron chi connectivity index (χ4n) is 4.05. The van der Waals surface area contributed by atoms with E-state index in [1.54, 1.807) is 18.7 Å². The van der Waals surface area contributed by atoms with Crippen molar-refractivity contribution in [3.8, 4) is 0 Å². The van der Waals surface area contributed by atoms with Crippen LogP contribution in [0, 0.1) is 0 Å². The van der Waals surface area contributed by atoms with Crippen LogP contribution in [0.4, 0.5) is 5.69 Å². The van der Waals surface area contributed by atoms with Crippen LogP contribution < -0.4 is 4.90 Å². The lowest BCUT2D eigenvalue weighted by Gasteiger charge is -2.21. The predicted octanol–water partition coefficient (Wildman–Crippen LogP) is 4.19. The third-order valence-electron chi connectivity index (χ3n) is 6.05. The first-order valence-corrected chi connectivity index (χ1v) is 11.4. The van der Waals surface area contributed by atoms with Gasteiger partial charge in [0.15, 0.2) is 10.8 Å². The molecule has 0 spiro atoms. The first-order chi connectivity index (χ1) is 15.5. The lowest BCUT2D eigenvalue weighted by Crippen LogP contribution is -2.31. The molecule has 0 unspecified atom stereocenters. The summed E-state index contributed by atoms with van der Waals surface area (Å²) in [5, 5.41) is 22.9. The number of pyridine rings is 2. The highest BCUT2D eigenvalue weighted by Gasteiger charge is 2.24. The molecule has 8 nitrogen and oxygen atoms in total. The highest BCUT2D eigenvalue weighted by molar-refractivity contribution is 7.99. The van der Waals surface area contributed by atoms with E-state index in [0.717, 1.165) is 45.3 Å². The first-order valence-electron chi connectivity index (χ1n) is 10.5. The van der Waals surface area contributed by atoms with E-state index in [-0.39, 0.29) is 12.4 Å². The molecule has 5 rings (SSSR count). The summed E-state index contributed by atoms with van der Waals surface area (Å²) in [5.74, 6) is 0. The molecule has 0 radical (unpaired) electrons. The number of oxime groups is 1. The maximum absolute atomic E-state index is 9.09. The molecule has 4 heterocycles. The Kier molecular flexibility index (Phi) is 6.73. The average Bonchev–Trinajstić information content (AvgIpc) is 3.46. The number of benzene rings is 1. The number of halogens is 1. The number of hydrogen-bond acceptors (Lipinski definition) is 8. The van der Waals surface area contributed by atoms with Gasteiger partial charge in [-0.15, -0.1) is 22.6 Å². The minimum atomic E-state index is 0. The number of hydrogen-bond donors (Lipinski definition) is 1. The summed E-state index contributed by atoms with van der Waals surface area (Å²) in [6.07, 6.45) is 5.04. The molecular formula is C23H26ClN7OS. The highest BCUT2D eigenvalue weighted by Crippen LogP contribution is 2.31. The molecule has 172 valence electrons. The van der Waals surface area contributed by atoms with Crippen molar-refractivity contribution in [2.45, 2.75) is 29.4 Å². The normalized spacial score (nSPS) is 16.7. The Morgan fingerprint density at radius 1 is 1.18 bits per heavy atom. The Morgan fingerprint density at radius 2 is 2.03 bits per heavy atom. The SMILES string of the molecule is C/C(=N\O)c1ccc2nnc(Sc3ccc4ncc(N5CC[C@H](N(C)C)C5)cc4c3)n2c1.Cl. The molecule has 1 aromatic carbocycles. The van der Waals surface area contributed by atoms with E-state index in [1.165, 1.54) is 12.1 Å². The van der Waals surface area contributed by atoms with E-state index >= 15 is 0 Å². The number of likely N-dealkylation sites (N-methyl/N-ethyl adjacent to an activating group) is 1. The van der Waals surface area contributed by atoms with Gasteiger partial charge in [-0.05, 0) is 75.6 Å². The van der Waals surface area contributed by atoms with Crippen molar-refractivity contribution in [1.29, 1.82) is 0 Å². The van der Waals surface area contributed by atoms with Crippen LogP contribution in [0.2, 0.25) is 0 Å². The molecule has 4 aromatic rings. The van der Waals surface area contributed by atoms with Gasteiger partial charge in [0.2, 0.25) is 0 Å². The largest absolute Gasteiger partial charge is 0.411 e. The smallest absolute Gasteiger partial charge is 0.200 e. The van der Waals surface area contributed by atoms with Gasteiger partial charge in [0.1, 0.15) is 0 Å². The van der Waals surface area contributed by atoms with Crippen molar-refractivity contribution in [3.05, 3.63) is 54.4 Å². The molecule has 0 saturated carbocycles. The van der Waals surface area contributed by atoms with E-state index in [9.17, 15) is 0 Å². The Hall–Kier alpha value is -2.88. The van der Waals surface area contributed by atoms with Crippen LogP contribution >= 0.6 is 24.2 Å². The molecule has 0 amide bonds. The molecule has 1 fully saturated rings. The monoisotopic (exact) mass is 483 g/mol. The zero-order valence-electron chi connectivity index (χ0n) is 18.7. The van der Waals surface area contributed by atoms with E-state index in [0.29, 0.717) is 11.8 Å². The lowest BCUT2D eigenvalue weighted by molar-refractivity contribution is 0.315. The summed E-state index contributed by atoms with van der Waals surface area (Å²) in [6, 6.07) is 12.8. The fourth-order valence-corrected chi connectivity index (χ4v) is 4.91. The quantitative estimate of drug-likeness (QED) is 0.259. The minimum absolute atomic E-state index is 0. The lowest BCUT2D eigenvalue weighted by atomic mass is 10.2. The van der Waals surface area contributed by atoms with Gasteiger partial charge >= 0.3 is 0 Å². The van der Waals surface area contributed by atoms with Crippen molar-refractivity contribution in [3.63, 3.8) is 0 Å². The van der Waals surface area contributed by atoms with E-state index in [1.807, 2.05) is 35.0 Å². The maximum atomic E-state index is 9.09. The van der Waals surface area contributed by atoms with Crippen molar-refractivity contribution in [2.75, 3.05) is 32.1 Å². The van der Waals surface area contributed by atoms with Gasteiger partial charge in [-0.3, -0.25) is 9.38 Å². The Morgan fingerprint density at radius 3 is 2.79 bits per heavy atom. The minimum Gasteiger partial charge on any atom is -0.411 e. The predicted molar refractivity (Wildman–Crippen MR) is 134 cm³/mol. The number of nitrogens with zero attached hydrogens (tertiary/aromatic N) is 7. The number of anilines is 1. The highest BCUT2D eigenvalue weighted by atomic mass is 35.5. The maximum Gasteiger partial charge on any atom is 0.200 e. The summed E-state index contributed by atoms with van der Waals surface area (Å²) < 4.78 is 1.92. The second-order valence-electron chi connectivity index (χ2n) is 8.32.